The molecular weight excluding hydrogens is 240 g/mol. The van der Waals surface area contributed by atoms with Crippen molar-refractivity contribution in [3.8, 4) is 11.5 Å². The summed E-state index contributed by atoms with van der Waals surface area (Å²) in [6.45, 7) is 9.40. The summed E-state index contributed by atoms with van der Waals surface area (Å²) in [6, 6.07) is 7.73. The van der Waals surface area contributed by atoms with E-state index in [0.717, 1.165) is 44.3 Å². The first kappa shape index (κ1) is 14.2. The van der Waals surface area contributed by atoms with Crippen LogP contribution in [0.2, 0.25) is 0 Å². The maximum absolute atomic E-state index is 5.78. The number of nitrogens with zero attached hydrogens (tertiary/aromatic N) is 1. The molecule has 0 unspecified atom stereocenters. The van der Waals surface area contributed by atoms with E-state index in [0.29, 0.717) is 0 Å². The fraction of sp³-hybridized carbons (Fsp3) is 0.600. The van der Waals surface area contributed by atoms with E-state index in [9.17, 15) is 0 Å². The maximum Gasteiger partial charge on any atom is 0.119 e. The average Bonchev–Trinajstić information content (AvgIpc) is 2.41. The monoisotopic (exact) mass is 264 g/mol. The number of methoxy groups -OCH3 is 1. The molecule has 1 aromatic carbocycles. The van der Waals surface area contributed by atoms with Gasteiger partial charge in [-0.3, -0.25) is 4.90 Å². The van der Waals surface area contributed by atoms with E-state index in [1.807, 2.05) is 24.3 Å². The number of piperazine rings is 1. The highest BCUT2D eigenvalue weighted by atomic mass is 16.5. The lowest BCUT2D eigenvalue weighted by atomic mass is 10.0. The van der Waals surface area contributed by atoms with Gasteiger partial charge in [-0.25, -0.2) is 0 Å². The van der Waals surface area contributed by atoms with Crippen LogP contribution in [0.3, 0.4) is 0 Å². The summed E-state index contributed by atoms with van der Waals surface area (Å²) in [7, 11) is 1.67. The van der Waals surface area contributed by atoms with E-state index in [-0.39, 0.29) is 5.54 Å². The highest BCUT2D eigenvalue weighted by Gasteiger charge is 2.28. The summed E-state index contributed by atoms with van der Waals surface area (Å²) in [4.78, 5) is 2.48. The zero-order valence-corrected chi connectivity index (χ0v) is 12.1. The topological polar surface area (TPSA) is 33.7 Å². The Labute approximate surface area is 115 Å². The van der Waals surface area contributed by atoms with Crippen molar-refractivity contribution in [1.29, 1.82) is 0 Å². The minimum atomic E-state index is 0.210. The SMILES string of the molecule is COc1ccc(OCCN2CCNCC2(C)C)cc1. The standard InChI is InChI=1S/C15H24N2O2/c1-15(2)12-16-8-9-17(15)10-11-19-14-6-4-13(18-3)5-7-14/h4-7,16H,8-12H2,1-3H3. The van der Waals surface area contributed by atoms with Gasteiger partial charge in [0, 0.05) is 31.7 Å². The summed E-state index contributed by atoms with van der Waals surface area (Å²) in [6.07, 6.45) is 0. The minimum Gasteiger partial charge on any atom is -0.497 e. The van der Waals surface area contributed by atoms with Gasteiger partial charge in [-0.05, 0) is 38.1 Å². The van der Waals surface area contributed by atoms with Gasteiger partial charge in [0.2, 0.25) is 0 Å². The third-order valence-electron chi connectivity index (χ3n) is 3.66. The summed E-state index contributed by atoms with van der Waals surface area (Å²) >= 11 is 0. The van der Waals surface area contributed by atoms with Gasteiger partial charge in [-0.15, -0.1) is 0 Å². The molecule has 1 saturated heterocycles. The Morgan fingerprint density at radius 1 is 1.21 bits per heavy atom. The molecule has 1 heterocycles. The first-order valence-electron chi connectivity index (χ1n) is 6.84. The van der Waals surface area contributed by atoms with Crippen LogP contribution in [0.1, 0.15) is 13.8 Å². The van der Waals surface area contributed by atoms with Crippen LogP contribution in [0, 0.1) is 0 Å². The summed E-state index contributed by atoms with van der Waals surface area (Å²) in [5.74, 6) is 1.75. The van der Waals surface area contributed by atoms with Gasteiger partial charge < -0.3 is 14.8 Å². The molecule has 0 bridgehead atoms. The van der Waals surface area contributed by atoms with Crippen molar-refractivity contribution in [2.45, 2.75) is 19.4 Å². The molecule has 4 heteroatoms. The van der Waals surface area contributed by atoms with Crippen molar-refractivity contribution in [3.05, 3.63) is 24.3 Å². The molecule has 0 radical (unpaired) electrons. The second-order valence-electron chi connectivity index (χ2n) is 5.50. The molecule has 0 saturated carbocycles. The van der Waals surface area contributed by atoms with Crippen molar-refractivity contribution >= 4 is 0 Å². The van der Waals surface area contributed by atoms with Crippen molar-refractivity contribution in [1.82, 2.24) is 10.2 Å². The van der Waals surface area contributed by atoms with Gasteiger partial charge in [-0.1, -0.05) is 0 Å². The van der Waals surface area contributed by atoms with Crippen molar-refractivity contribution in [2.24, 2.45) is 0 Å². The Morgan fingerprint density at radius 2 is 1.89 bits per heavy atom. The predicted molar refractivity (Wildman–Crippen MR) is 77.0 cm³/mol. The third-order valence-corrected chi connectivity index (χ3v) is 3.66. The molecule has 0 aliphatic carbocycles. The molecule has 2 rings (SSSR count). The largest absolute Gasteiger partial charge is 0.497 e. The first-order chi connectivity index (χ1) is 9.12. The van der Waals surface area contributed by atoms with E-state index < -0.39 is 0 Å². The van der Waals surface area contributed by atoms with Gasteiger partial charge in [0.1, 0.15) is 18.1 Å². The average molecular weight is 264 g/mol. The lowest BCUT2D eigenvalue weighted by Gasteiger charge is -2.42. The van der Waals surface area contributed by atoms with Crippen LogP contribution in [0.4, 0.5) is 0 Å². The maximum atomic E-state index is 5.78. The third kappa shape index (κ3) is 3.85. The van der Waals surface area contributed by atoms with Crippen LogP contribution in [0.15, 0.2) is 24.3 Å². The highest BCUT2D eigenvalue weighted by molar-refractivity contribution is 5.31. The van der Waals surface area contributed by atoms with Gasteiger partial charge in [-0.2, -0.15) is 0 Å². The molecule has 0 amide bonds. The Hall–Kier alpha value is -1.26. The van der Waals surface area contributed by atoms with E-state index in [1.165, 1.54) is 0 Å². The molecule has 0 spiro atoms. The lowest BCUT2D eigenvalue weighted by Crippen LogP contribution is -2.58. The Balaban J connectivity index is 1.79. The van der Waals surface area contributed by atoms with Crippen LogP contribution in [-0.4, -0.2) is 50.3 Å². The van der Waals surface area contributed by atoms with E-state index in [1.54, 1.807) is 7.11 Å². The molecule has 0 atom stereocenters. The fourth-order valence-electron chi connectivity index (χ4n) is 2.38. The van der Waals surface area contributed by atoms with Gasteiger partial charge in [0.15, 0.2) is 0 Å². The van der Waals surface area contributed by atoms with Crippen LogP contribution in [-0.2, 0) is 0 Å². The van der Waals surface area contributed by atoms with E-state index in [2.05, 4.69) is 24.1 Å². The molecule has 1 N–H and O–H groups in total. The lowest BCUT2D eigenvalue weighted by molar-refractivity contribution is 0.0743. The molecular formula is C15H24N2O2. The van der Waals surface area contributed by atoms with Gasteiger partial charge in [0.05, 0.1) is 7.11 Å². The zero-order chi connectivity index (χ0) is 13.7. The zero-order valence-electron chi connectivity index (χ0n) is 12.1. The van der Waals surface area contributed by atoms with Crippen LogP contribution >= 0.6 is 0 Å². The molecule has 1 aromatic rings. The van der Waals surface area contributed by atoms with E-state index >= 15 is 0 Å². The summed E-state index contributed by atoms with van der Waals surface area (Å²) < 4.78 is 10.9. The number of benzene rings is 1. The summed E-state index contributed by atoms with van der Waals surface area (Å²) in [5, 5.41) is 3.43. The van der Waals surface area contributed by atoms with Crippen molar-refractivity contribution in [3.63, 3.8) is 0 Å². The Bertz CT molecular complexity index is 390. The van der Waals surface area contributed by atoms with Crippen LogP contribution in [0.25, 0.3) is 0 Å². The number of rotatable bonds is 5. The quantitative estimate of drug-likeness (QED) is 0.878. The highest BCUT2D eigenvalue weighted by Crippen LogP contribution is 2.18. The predicted octanol–water partition coefficient (Wildman–Crippen LogP) is 1.76. The molecule has 1 fully saturated rings. The van der Waals surface area contributed by atoms with E-state index in [4.69, 9.17) is 9.47 Å². The fourth-order valence-corrected chi connectivity index (χ4v) is 2.38. The second-order valence-corrected chi connectivity index (χ2v) is 5.50. The normalized spacial score (nSPS) is 19.1. The smallest absolute Gasteiger partial charge is 0.119 e. The molecule has 0 aromatic heterocycles. The first-order valence-corrected chi connectivity index (χ1v) is 6.84. The Kier molecular flexibility index (Phi) is 4.66. The van der Waals surface area contributed by atoms with Crippen LogP contribution < -0.4 is 14.8 Å². The van der Waals surface area contributed by atoms with Crippen LogP contribution in [0.5, 0.6) is 11.5 Å². The number of nitrogens with one attached hydrogen (secondary N) is 1. The minimum absolute atomic E-state index is 0.210. The Morgan fingerprint density at radius 3 is 2.53 bits per heavy atom. The van der Waals surface area contributed by atoms with Crippen molar-refractivity contribution in [2.75, 3.05) is 39.9 Å². The van der Waals surface area contributed by atoms with Gasteiger partial charge in [0.25, 0.3) is 0 Å². The number of ether oxygens (including phenoxy) is 2. The van der Waals surface area contributed by atoms with Crippen molar-refractivity contribution < 1.29 is 9.47 Å². The second kappa shape index (κ2) is 6.26. The number of hydrogen-bond donors (Lipinski definition) is 1. The molecule has 1 aliphatic heterocycles. The number of hydrogen-bond acceptors (Lipinski definition) is 4. The molecule has 4 nitrogen and oxygen atoms in total. The molecule has 106 valence electrons. The molecule has 19 heavy (non-hydrogen) atoms. The summed E-state index contributed by atoms with van der Waals surface area (Å²) in [5.41, 5.74) is 0.210. The van der Waals surface area contributed by atoms with Gasteiger partial charge >= 0.3 is 0 Å². The molecule has 1 aliphatic rings.